The summed E-state index contributed by atoms with van der Waals surface area (Å²) in [5.41, 5.74) is 14.4. The number of nitrogens with two attached hydrogens (primary N) is 1. The number of nitrogen functional groups attached to an aromatic ring is 1. The van der Waals surface area contributed by atoms with Gasteiger partial charge in [-0.3, -0.25) is 0 Å². The summed E-state index contributed by atoms with van der Waals surface area (Å²) >= 11 is 0. The monoisotopic (exact) mass is 277 g/mol. The Labute approximate surface area is 126 Å². The van der Waals surface area contributed by atoms with E-state index >= 15 is 0 Å². The van der Waals surface area contributed by atoms with Crippen molar-refractivity contribution in [2.75, 3.05) is 12.8 Å². The van der Waals surface area contributed by atoms with Crippen molar-refractivity contribution in [2.24, 2.45) is 0 Å². The van der Waals surface area contributed by atoms with Crippen LogP contribution in [0.4, 0.5) is 11.4 Å². The van der Waals surface area contributed by atoms with Crippen molar-refractivity contribution in [1.82, 2.24) is 0 Å². The highest BCUT2D eigenvalue weighted by molar-refractivity contribution is 5.99. The van der Waals surface area contributed by atoms with E-state index in [-0.39, 0.29) is 0 Å². The first-order valence-corrected chi connectivity index (χ1v) is 7.28. The van der Waals surface area contributed by atoms with Crippen LogP contribution >= 0.6 is 0 Å². The van der Waals surface area contributed by atoms with Gasteiger partial charge in [-0.25, -0.2) is 0 Å². The van der Waals surface area contributed by atoms with Crippen LogP contribution in [0.25, 0.3) is 6.08 Å². The fourth-order valence-electron chi connectivity index (χ4n) is 2.89. The number of rotatable bonds is 2. The van der Waals surface area contributed by atoms with Gasteiger partial charge in [-0.1, -0.05) is 17.7 Å². The molecule has 0 atom stereocenters. The molecule has 21 heavy (non-hydrogen) atoms. The highest BCUT2D eigenvalue weighted by Crippen LogP contribution is 2.27. The van der Waals surface area contributed by atoms with Gasteiger partial charge in [0.1, 0.15) is 7.05 Å². The molecule has 0 spiro atoms. The smallest absolute Gasteiger partial charge is 0.208 e. The van der Waals surface area contributed by atoms with Crippen molar-refractivity contribution in [3.63, 3.8) is 0 Å². The molecule has 0 bridgehead atoms. The van der Waals surface area contributed by atoms with E-state index in [4.69, 9.17) is 5.73 Å². The van der Waals surface area contributed by atoms with E-state index in [1.807, 2.05) is 12.1 Å². The van der Waals surface area contributed by atoms with Crippen molar-refractivity contribution in [3.05, 3.63) is 64.7 Å². The van der Waals surface area contributed by atoms with E-state index in [1.165, 1.54) is 33.7 Å². The Hall–Kier alpha value is -2.35. The van der Waals surface area contributed by atoms with Gasteiger partial charge >= 0.3 is 0 Å². The van der Waals surface area contributed by atoms with Crippen LogP contribution in [0.2, 0.25) is 0 Å². The molecule has 0 aliphatic carbocycles. The van der Waals surface area contributed by atoms with Crippen LogP contribution in [-0.2, 0) is 6.42 Å². The summed E-state index contributed by atoms with van der Waals surface area (Å²) in [6.07, 6.45) is 5.39. The summed E-state index contributed by atoms with van der Waals surface area (Å²) in [4.78, 5) is 0. The molecule has 2 aromatic rings. The third kappa shape index (κ3) is 2.62. The van der Waals surface area contributed by atoms with E-state index in [1.54, 1.807) is 0 Å². The minimum Gasteiger partial charge on any atom is -0.399 e. The number of hydrogen-bond donors (Lipinski definition) is 1. The Morgan fingerprint density at radius 3 is 2.62 bits per heavy atom. The molecule has 0 saturated heterocycles. The van der Waals surface area contributed by atoms with Crippen LogP contribution in [0, 0.1) is 13.8 Å². The maximum Gasteiger partial charge on any atom is 0.208 e. The number of nitrogens with zero attached hydrogens (tertiary/aromatic N) is 1. The Morgan fingerprint density at radius 1 is 1.05 bits per heavy atom. The number of allylic oxidation sites excluding steroid dienone is 1. The van der Waals surface area contributed by atoms with Gasteiger partial charge in [0.15, 0.2) is 5.71 Å². The second-order valence-electron chi connectivity index (χ2n) is 5.81. The Balaban J connectivity index is 1.89. The Morgan fingerprint density at radius 2 is 1.86 bits per heavy atom. The zero-order chi connectivity index (χ0) is 15.0. The van der Waals surface area contributed by atoms with Gasteiger partial charge in [-0.2, -0.15) is 4.58 Å². The molecule has 106 valence electrons. The topological polar surface area (TPSA) is 29.0 Å². The number of benzene rings is 2. The van der Waals surface area contributed by atoms with Crippen molar-refractivity contribution in [3.8, 4) is 0 Å². The number of aryl methyl sites for hydroxylation is 2. The lowest BCUT2D eigenvalue weighted by atomic mass is 10.0. The fourth-order valence-corrected chi connectivity index (χ4v) is 2.89. The first-order chi connectivity index (χ1) is 10.0. The standard InChI is InChI=1S/C19H20N2/c1-13-4-9-19-16(10-13)12-18(21(19)3)8-6-15-5-7-17(20)11-14(15)2/h4-11,20H,12H2,1-3H3/p+1. The molecule has 2 aromatic carbocycles. The van der Waals surface area contributed by atoms with Gasteiger partial charge in [0, 0.05) is 23.4 Å². The predicted octanol–water partition coefficient (Wildman–Crippen LogP) is 3.87. The maximum absolute atomic E-state index is 5.80. The van der Waals surface area contributed by atoms with E-state index in [0.717, 1.165) is 12.1 Å². The minimum absolute atomic E-state index is 0.818. The summed E-state index contributed by atoms with van der Waals surface area (Å²) in [5, 5.41) is 0. The van der Waals surface area contributed by atoms with Crippen molar-refractivity contribution < 1.29 is 4.58 Å². The van der Waals surface area contributed by atoms with Gasteiger partial charge in [0.25, 0.3) is 0 Å². The Kier molecular flexibility index (Phi) is 3.38. The molecular weight excluding hydrogens is 256 g/mol. The van der Waals surface area contributed by atoms with Crippen LogP contribution in [-0.4, -0.2) is 17.3 Å². The molecule has 3 rings (SSSR count). The average molecular weight is 277 g/mol. The normalized spacial score (nSPS) is 14.0. The quantitative estimate of drug-likeness (QED) is 0.655. The summed E-state index contributed by atoms with van der Waals surface area (Å²) < 4.78 is 2.28. The molecule has 0 unspecified atom stereocenters. The van der Waals surface area contributed by atoms with Gasteiger partial charge in [-0.15, -0.1) is 0 Å². The number of fused-ring (bicyclic) bond motifs is 1. The summed E-state index contributed by atoms with van der Waals surface area (Å²) in [5.74, 6) is 0. The first-order valence-electron chi connectivity index (χ1n) is 7.28. The predicted molar refractivity (Wildman–Crippen MR) is 90.4 cm³/mol. The van der Waals surface area contributed by atoms with E-state index in [2.05, 4.69) is 61.9 Å². The molecule has 0 amide bonds. The number of anilines is 1. The minimum atomic E-state index is 0.818. The molecule has 2 heteroatoms. The molecule has 1 aliphatic heterocycles. The van der Waals surface area contributed by atoms with Crippen LogP contribution < -0.4 is 5.73 Å². The SMILES string of the molecule is Cc1ccc2c(c1)CC(C=Cc1ccc(N)cc1C)=[N+]2C. The number of hydrogen-bond acceptors (Lipinski definition) is 1. The van der Waals surface area contributed by atoms with Gasteiger partial charge < -0.3 is 5.73 Å². The highest BCUT2D eigenvalue weighted by atomic mass is 15.0. The molecule has 1 aliphatic rings. The van der Waals surface area contributed by atoms with Crippen molar-refractivity contribution in [1.29, 1.82) is 0 Å². The van der Waals surface area contributed by atoms with Crippen LogP contribution in [0.1, 0.15) is 22.3 Å². The third-order valence-corrected chi connectivity index (χ3v) is 4.15. The molecule has 2 nitrogen and oxygen atoms in total. The zero-order valence-electron chi connectivity index (χ0n) is 12.9. The first kappa shape index (κ1) is 13.6. The lowest BCUT2D eigenvalue weighted by Crippen LogP contribution is -2.04. The second-order valence-corrected chi connectivity index (χ2v) is 5.81. The van der Waals surface area contributed by atoms with Crippen LogP contribution in [0.15, 0.2) is 42.5 Å². The average Bonchev–Trinajstić information content (AvgIpc) is 2.74. The van der Waals surface area contributed by atoms with Crippen molar-refractivity contribution >= 4 is 23.2 Å². The largest absolute Gasteiger partial charge is 0.399 e. The molecule has 0 radical (unpaired) electrons. The molecule has 0 fully saturated rings. The highest BCUT2D eigenvalue weighted by Gasteiger charge is 2.24. The van der Waals surface area contributed by atoms with E-state index in [9.17, 15) is 0 Å². The van der Waals surface area contributed by atoms with Gasteiger partial charge in [0.2, 0.25) is 5.69 Å². The maximum atomic E-state index is 5.80. The van der Waals surface area contributed by atoms with Crippen molar-refractivity contribution in [2.45, 2.75) is 20.3 Å². The molecule has 2 N–H and O–H groups in total. The Bertz CT molecular complexity index is 767. The lowest BCUT2D eigenvalue weighted by molar-refractivity contribution is -0.400. The van der Waals surface area contributed by atoms with Gasteiger partial charge in [0.05, 0.1) is 6.42 Å². The summed E-state index contributed by atoms with van der Waals surface area (Å²) in [7, 11) is 2.14. The van der Waals surface area contributed by atoms with E-state index in [0.29, 0.717) is 0 Å². The third-order valence-electron chi connectivity index (χ3n) is 4.15. The molecule has 0 aromatic heterocycles. The lowest BCUT2D eigenvalue weighted by Gasteiger charge is -2.01. The summed E-state index contributed by atoms with van der Waals surface area (Å²) in [6, 6.07) is 12.7. The van der Waals surface area contributed by atoms with Crippen LogP contribution in [0.3, 0.4) is 0 Å². The van der Waals surface area contributed by atoms with Crippen LogP contribution in [0.5, 0.6) is 0 Å². The molecule has 0 saturated carbocycles. The molecule has 1 heterocycles. The fraction of sp³-hybridized carbons (Fsp3) is 0.211. The molecular formula is C19H21N2+. The second kappa shape index (κ2) is 5.21. The van der Waals surface area contributed by atoms with E-state index < -0.39 is 0 Å². The summed E-state index contributed by atoms with van der Waals surface area (Å²) in [6.45, 7) is 4.24. The van der Waals surface area contributed by atoms with Gasteiger partial charge in [-0.05, 0) is 49.2 Å². The zero-order valence-corrected chi connectivity index (χ0v) is 12.9.